The summed E-state index contributed by atoms with van der Waals surface area (Å²) in [4.78, 5) is 48.2. The molecule has 0 aromatic heterocycles. The fraction of sp³-hybridized carbons (Fsp3) is 0.524. The first-order valence-corrected chi connectivity index (χ1v) is 10.0. The predicted molar refractivity (Wildman–Crippen MR) is 108 cm³/mol. The van der Waals surface area contributed by atoms with Crippen LogP contribution in [0.2, 0.25) is 0 Å². The van der Waals surface area contributed by atoms with Crippen LogP contribution < -0.4 is 16.0 Å². The maximum absolute atomic E-state index is 12.7. The van der Waals surface area contributed by atoms with Gasteiger partial charge in [-0.25, -0.2) is 9.59 Å². The van der Waals surface area contributed by atoms with Gasteiger partial charge in [0, 0.05) is 12.5 Å². The summed E-state index contributed by atoms with van der Waals surface area (Å²) in [7, 11) is 0. The van der Waals surface area contributed by atoms with Gasteiger partial charge in [0.05, 0.1) is 0 Å². The van der Waals surface area contributed by atoms with Crippen molar-refractivity contribution < 1.29 is 29.0 Å². The second-order valence-electron chi connectivity index (χ2n) is 7.80. The number of amides is 3. The molecule has 1 fully saturated rings. The Kier molecular flexibility index (Phi) is 8.64. The zero-order chi connectivity index (χ0) is 22.1. The lowest BCUT2D eigenvalue weighted by atomic mass is 9.97. The fourth-order valence-corrected chi connectivity index (χ4v) is 3.26. The molecule has 1 saturated heterocycles. The molecular weight excluding hydrogens is 390 g/mol. The average molecular weight is 419 g/mol. The van der Waals surface area contributed by atoms with E-state index in [0.717, 1.165) is 5.56 Å². The van der Waals surface area contributed by atoms with E-state index in [-0.39, 0.29) is 24.9 Å². The van der Waals surface area contributed by atoms with Crippen LogP contribution in [0, 0.1) is 11.8 Å². The molecule has 0 bridgehead atoms. The largest absolute Gasteiger partial charge is 0.480 e. The molecule has 1 aromatic carbocycles. The Morgan fingerprint density at radius 2 is 1.87 bits per heavy atom. The second kappa shape index (κ2) is 11.2. The zero-order valence-corrected chi connectivity index (χ0v) is 17.2. The quantitative estimate of drug-likeness (QED) is 0.453. The van der Waals surface area contributed by atoms with E-state index in [2.05, 4.69) is 16.0 Å². The van der Waals surface area contributed by atoms with E-state index in [0.29, 0.717) is 19.4 Å². The van der Waals surface area contributed by atoms with Gasteiger partial charge in [-0.05, 0) is 30.7 Å². The molecule has 2 rings (SSSR count). The molecule has 9 nitrogen and oxygen atoms in total. The number of carbonyl (C=O) groups is 4. The van der Waals surface area contributed by atoms with Crippen LogP contribution in [-0.4, -0.2) is 47.6 Å². The predicted octanol–water partition coefficient (Wildman–Crippen LogP) is 1.42. The third-order valence-corrected chi connectivity index (χ3v) is 4.83. The highest BCUT2D eigenvalue weighted by Crippen LogP contribution is 2.17. The monoisotopic (exact) mass is 419 g/mol. The molecule has 0 saturated carbocycles. The van der Waals surface area contributed by atoms with Gasteiger partial charge in [-0.3, -0.25) is 9.59 Å². The molecule has 3 amide bonds. The summed E-state index contributed by atoms with van der Waals surface area (Å²) in [5.41, 5.74) is 0.804. The van der Waals surface area contributed by atoms with Crippen LogP contribution in [-0.2, 0) is 25.7 Å². The molecule has 4 N–H and O–H groups in total. The summed E-state index contributed by atoms with van der Waals surface area (Å²) in [5.74, 6) is -2.45. The summed E-state index contributed by atoms with van der Waals surface area (Å²) >= 11 is 0. The third kappa shape index (κ3) is 7.38. The Bertz CT molecular complexity index is 752. The summed E-state index contributed by atoms with van der Waals surface area (Å²) in [6.45, 7) is 4.31. The van der Waals surface area contributed by atoms with Gasteiger partial charge in [0.25, 0.3) is 0 Å². The Balaban J connectivity index is 1.95. The number of aliphatic carboxylic acids is 1. The second-order valence-corrected chi connectivity index (χ2v) is 7.80. The number of carboxylic acid groups (broad SMARTS) is 1. The van der Waals surface area contributed by atoms with Gasteiger partial charge < -0.3 is 25.8 Å². The van der Waals surface area contributed by atoms with Crippen molar-refractivity contribution in [1.29, 1.82) is 0 Å². The maximum atomic E-state index is 12.7. The first-order chi connectivity index (χ1) is 14.3. The maximum Gasteiger partial charge on any atom is 0.408 e. The van der Waals surface area contributed by atoms with E-state index in [9.17, 15) is 24.3 Å². The van der Waals surface area contributed by atoms with E-state index >= 15 is 0 Å². The van der Waals surface area contributed by atoms with Crippen molar-refractivity contribution in [2.75, 3.05) is 6.54 Å². The molecule has 9 heteroatoms. The van der Waals surface area contributed by atoms with Crippen LogP contribution in [0.25, 0.3) is 0 Å². The molecule has 0 aliphatic carbocycles. The molecule has 0 spiro atoms. The Labute approximate surface area is 175 Å². The van der Waals surface area contributed by atoms with Crippen molar-refractivity contribution in [3.63, 3.8) is 0 Å². The zero-order valence-electron chi connectivity index (χ0n) is 17.2. The standard InChI is InChI=1S/C21H29N3O6/c1-13(2)10-16(24-21(29)30-12-14-6-4-3-5-7-14)19(26)23-17(20(27)28)11-15-8-9-22-18(15)25/h3-7,13,15-17H,8-12H2,1-2H3,(H,22,25)(H,23,26)(H,24,29)(H,27,28)/t15-,16-,17-/m0/s1. The molecule has 164 valence electrons. The number of carboxylic acids is 1. The number of carbonyl (C=O) groups excluding carboxylic acids is 3. The van der Waals surface area contributed by atoms with E-state index in [1.165, 1.54) is 0 Å². The van der Waals surface area contributed by atoms with Crippen molar-refractivity contribution in [3.05, 3.63) is 35.9 Å². The fourth-order valence-electron chi connectivity index (χ4n) is 3.26. The lowest BCUT2D eigenvalue weighted by Gasteiger charge is -2.23. The summed E-state index contributed by atoms with van der Waals surface area (Å²) in [6, 6.07) is 6.94. The van der Waals surface area contributed by atoms with Crippen LogP contribution in [0.4, 0.5) is 4.79 Å². The minimum absolute atomic E-state index is 0.000239. The van der Waals surface area contributed by atoms with Gasteiger partial charge in [0.2, 0.25) is 11.8 Å². The van der Waals surface area contributed by atoms with Crippen molar-refractivity contribution >= 4 is 23.9 Å². The van der Waals surface area contributed by atoms with E-state index in [4.69, 9.17) is 4.74 Å². The van der Waals surface area contributed by atoms with Crippen molar-refractivity contribution in [2.24, 2.45) is 11.8 Å². The molecular formula is C21H29N3O6. The highest BCUT2D eigenvalue weighted by Gasteiger charge is 2.33. The Morgan fingerprint density at radius 3 is 2.43 bits per heavy atom. The number of alkyl carbamates (subject to hydrolysis) is 1. The van der Waals surface area contributed by atoms with Crippen molar-refractivity contribution in [2.45, 2.75) is 51.8 Å². The van der Waals surface area contributed by atoms with Gasteiger partial charge in [-0.2, -0.15) is 0 Å². The smallest absolute Gasteiger partial charge is 0.408 e. The van der Waals surface area contributed by atoms with Crippen molar-refractivity contribution in [3.8, 4) is 0 Å². The first-order valence-electron chi connectivity index (χ1n) is 10.0. The van der Waals surface area contributed by atoms with Gasteiger partial charge >= 0.3 is 12.1 Å². The number of rotatable bonds is 10. The molecule has 0 unspecified atom stereocenters. The van der Waals surface area contributed by atoms with Gasteiger partial charge in [-0.15, -0.1) is 0 Å². The molecule has 1 aliphatic rings. The lowest BCUT2D eigenvalue weighted by Crippen LogP contribution is -2.52. The molecule has 1 aromatic rings. The van der Waals surface area contributed by atoms with E-state index in [1.54, 1.807) is 0 Å². The van der Waals surface area contributed by atoms with Crippen LogP contribution in [0.5, 0.6) is 0 Å². The molecule has 3 atom stereocenters. The number of hydrogen-bond donors (Lipinski definition) is 4. The highest BCUT2D eigenvalue weighted by atomic mass is 16.5. The number of hydrogen-bond acceptors (Lipinski definition) is 5. The van der Waals surface area contributed by atoms with Crippen LogP contribution in [0.15, 0.2) is 30.3 Å². The van der Waals surface area contributed by atoms with Gasteiger partial charge in [0.15, 0.2) is 0 Å². The summed E-state index contributed by atoms with van der Waals surface area (Å²) in [5, 5.41) is 17.1. The van der Waals surface area contributed by atoms with Crippen molar-refractivity contribution in [1.82, 2.24) is 16.0 Å². The topological polar surface area (TPSA) is 134 Å². The molecule has 1 aliphatic heterocycles. The van der Waals surface area contributed by atoms with Crippen LogP contribution in [0.1, 0.15) is 38.7 Å². The van der Waals surface area contributed by atoms with Gasteiger partial charge in [-0.1, -0.05) is 44.2 Å². The lowest BCUT2D eigenvalue weighted by molar-refractivity contribution is -0.143. The Morgan fingerprint density at radius 1 is 1.17 bits per heavy atom. The molecule has 1 heterocycles. The summed E-state index contributed by atoms with van der Waals surface area (Å²) in [6.07, 6.45) is 0.0713. The Hall–Kier alpha value is -3.10. The van der Waals surface area contributed by atoms with Crippen LogP contribution >= 0.6 is 0 Å². The summed E-state index contributed by atoms with van der Waals surface area (Å²) < 4.78 is 5.17. The number of benzene rings is 1. The van der Waals surface area contributed by atoms with E-state index in [1.807, 2.05) is 44.2 Å². The van der Waals surface area contributed by atoms with Gasteiger partial charge in [0.1, 0.15) is 18.7 Å². The minimum atomic E-state index is -1.22. The normalized spacial score (nSPS) is 17.7. The minimum Gasteiger partial charge on any atom is -0.480 e. The van der Waals surface area contributed by atoms with E-state index < -0.39 is 36.0 Å². The molecule has 30 heavy (non-hydrogen) atoms. The average Bonchev–Trinajstić information content (AvgIpc) is 3.10. The first kappa shape index (κ1) is 23.2. The van der Waals surface area contributed by atoms with Crippen LogP contribution in [0.3, 0.4) is 0 Å². The highest BCUT2D eigenvalue weighted by molar-refractivity contribution is 5.89. The molecule has 0 radical (unpaired) electrons. The third-order valence-electron chi connectivity index (χ3n) is 4.83. The number of nitrogens with one attached hydrogen (secondary N) is 3. The number of ether oxygens (including phenoxy) is 1. The SMILES string of the molecule is CC(C)C[C@H](NC(=O)OCc1ccccc1)C(=O)N[C@@H](C[C@@H]1CCNC1=O)C(=O)O.